The van der Waals surface area contributed by atoms with Crippen LogP contribution in [-0.4, -0.2) is 29.2 Å². The van der Waals surface area contributed by atoms with Crippen molar-refractivity contribution >= 4 is 5.82 Å². The SMILES string of the molecule is Cc1cc(C#N)nnc1N1CC(F)(F)C1. The number of hydrogen-bond acceptors (Lipinski definition) is 4. The third-order valence-electron chi connectivity index (χ3n) is 2.22. The van der Waals surface area contributed by atoms with Gasteiger partial charge in [0.2, 0.25) is 0 Å². The fourth-order valence-electron chi connectivity index (χ4n) is 1.51. The molecule has 0 atom stereocenters. The van der Waals surface area contributed by atoms with Gasteiger partial charge in [-0.25, -0.2) is 8.78 Å². The topological polar surface area (TPSA) is 52.8 Å². The van der Waals surface area contributed by atoms with Gasteiger partial charge in [-0.3, -0.25) is 0 Å². The molecule has 0 bridgehead atoms. The van der Waals surface area contributed by atoms with Gasteiger partial charge in [0.05, 0.1) is 13.1 Å². The van der Waals surface area contributed by atoms with Crippen molar-refractivity contribution in [1.82, 2.24) is 10.2 Å². The van der Waals surface area contributed by atoms with Gasteiger partial charge in [-0.2, -0.15) is 5.26 Å². The Morgan fingerprint density at radius 2 is 2.13 bits per heavy atom. The average molecular weight is 210 g/mol. The number of anilines is 1. The lowest BCUT2D eigenvalue weighted by atomic mass is 10.1. The molecule has 0 unspecified atom stereocenters. The molecule has 2 heterocycles. The molecule has 15 heavy (non-hydrogen) atoms. The van der Waals surface area contributed by atoms with E-state index in [4.69, 9.17) is 5.26 Å². The Morgan fingerprint density at radius 1 is 1.47 bits per heavy atom. The number of aryl methyl sites for hydroxylation is 1. The summed E-state index contributed by atoms with van der Waals surface area (Å²) in [6.45, 7) is 1.07. The first-order valence-corrected chi connectivity index (χ1v) is 4.39. The lowest BCUT2D eigenvalue weighted by Gasteiger charge is -2.39. The maximum absolute atomic E-state index is 12.6. The van der Waals surface area contributed by atoms with E-state index in [0.717, 1.165) is 0 Å². The highest BCUT2D eigenvalue weighted by Crippen LogP contribution is 2.31. The van der Waals surface area contributed by atoms with E-state index in [-0.39, 0.29) is 18.8 Å². The molecule has 0 aliphatic carbocycles. The zero-order valence-corrected chi connectivity index (χ0v) is 8.04. The van der Waals surface area contributed by atoms with Crippen molar-refractivity contribution in [2.45, 2.75) is 12.8 Å². The standard InChI is InChI=1S/C9H8F2N4/c1-6-2-7(3-12)13-14-8(6)15-4-9(10,11)5-15/h2H,4-5H2,1H3. The molecule has 78 valence electrons. The van der Waals surface area contributed by atoms with Crippen LogP contribution in [0.4, 0.5) is 14.6 Å². The summed E-state index contributed by atoms with van der Waals surface area (Å²) in [4.78, 5) is 1.45. The van der Waals surface area contributed by atoms with Crippen LogP contribution in [0.25, 0.3) is 0 Å². The van der Waals surface area contributed by atoms with E-state index in [1.807, 2.05) is 6.07 Å². The first kappa shape index (κ1) is 9.77. The van der Waals surface area contributed by atoms with Crippen molar-refractivity contribution in [2.24, 2.45) is 0 Å². The van der Waals surface area contributed by atoms with E-state index in [1.54, 1.807) is 13.0 Å². The summed E-state index contributed by atoms with van der Waals surface area (Å²) in [7, 11) is 0. The van der Waals surface area contributed by atoms with Crippen molar-refractivity contribution in [2.75, 3.05) is 18.0 Å². The Balaban J connectivity index is 2.21. The highest BCUT2D eigenvalue weighted by molar-refractivity contribution is 5.50. The molecule has 1 aromatic rings. The smallest absolute Gasteiger partial charge is 0.282 e. The minimum absolute atomic E-state index is 0.198. The molecular formula is C9H8F2N4. The molecule has 0 amide bonds. The van der Waals surface area contributed by atoms with Gasteiger partial charge in [-0.05, 0) is 18.6 Å². The van der Waals surface area contributed by atoms with Crippen LogP contribution >= 0.6 is 0 Å². The normalized spacial score (nSPS) is 18.1. The van der Waals surface area contributed by atoms with Crippen molar-refractivity contribution in [3.8, 4) is 6.07 Å². The van der Waals surface area contributed by atoms with Gasteiger partial charge in [0.25, 0.3) is 5.92 Å². The van der Waals surface area contributed by atoms with Crippen LogP contribution in [-0.2, 0) is 0 Å². The zero-order valence-electron chi connectivity index (χ0n) is 8.04. The van der Waals surface area contributed by atoms with Gasteiger partial charge in [-0.15, -0.1) is 10.2 Å². The number of alkyl halides is 2. The quantitative estimate of drug-likeness (QED) is 0.696. The van der Waals surface area contributed by atoms with Crippen LogP contribution < -0.4 is 4.90 Å². The molecule has 0 N–H and O–H groups in total. The fraction of sp³-hybridized carbons (Fsp3) is 0.444. The molecule has 0 radical (unpaired) electrons. The van der Waals surface area contributed by atoms with Crippen LogP contribution in [0.2, 0.25) is 0 Å². The first-order chi connectivity index (χ1) is 7.02. The van der Waals surface area contributed by atoms with Gasteiger partial charge >= 0.3 is 0 Å². The molecular weight excluding hydrogens is 202 g/mol. The third kappa shape index (κ3) is 1.73. The van der Waals surface area contributed by atoms with Crippen LogP contribution in [0.1, 0.15) is 11.3 Å². The van der Waals surface area contributed by atoms with Crippen LogP contribution in [0.3, 0.4) is 0 Å². The number of nitrogens with zero attached hydrogens (tertiary/aromatic N) is 4. The molecule has 1 saturated heterocycles. The van der Waals surface area contributed by atoms with E-state index in [2.05, 4.69) is 10.2 Å². The van der Waals surface area contributed by atoms with E-state index in [0.29, 0.717) is 11.4 Å². The number of hydrogen-bond donors (Lipinski definition) is 0. The Labute approximate surface area is 85.1 Å². The predicted molar refractivity (Wildman–Crippen MR) is 48.6 cm³/mol. The van der Waals surface area contributed by atoms with Crippen molar-refractivity contribution < 1.29 is 8.78 Å². The fourth-order valence-corrected chi connectivity index (χ4v) is 1.51. The summed E-state index contributed by atoms with van der Waals surface area (Å²) in [6, 6.07) is 3.39. The zero-order chi connectivity index (χ0) is 11.1. The second-order valence-electron chi connectivity index (χ2n) is 3.56. The highest BCUT2D eigenvalue weighted by Gasteiger charge is 2.45. The predicted octanol–water partition coefficient (Wildman–Crippen LogP) is 1.11. The Bertz CT molecular complexity index is 430. The maximum Gasteiger partial charge on any atom is 0.282 e. The third-order valence-corrected chi connectivity index (χ3v) is 2.22. The summed E-state index contributed by atoms with van der Waals surface area (Å²) in [6.07, 6.45) is 0. The molecule has 0 spiro atoms. The number of rotatable bonds is 1. The lowest BCUT2D eigenvalue weighted by Crippen LogP contribution is -2.57. The Hall–Kier alpha value is -1.77. The van der Waals surface area contributed by atoms with Gasteiger partial charge in [0.1, 0.15) is 6.07 Å². The molecule has 0 aromatic carbocycles. The summed E-state index contributed by atoms with van der Waals surface area (Å²) < 4.78 is 25.2. The van der Waals surface area contributed by atoms with Crippen LogP contribution in [0.15, 0.2) is 6.07 Å². The van der Waals surface area contributed by atoms with Crippen LogP contribution in [0, 0.1) is 18.3 Å². The van der Waals surface area contributed by atoms with E-state index < -0.39 is 5.92 Å². The summed E-state index contributed by atoms with van der Waals surface area (Å²) in [5, 5.41) is 15.9. The lowest BCUT2D eigenvalue weighted by molar-refractivity contribution is -0.0268. The Kier molecular flexibility index (Phi) is 2.03. The summed E-state index contributed by atoms with van der Waals surface area (Å²) in [5.41, 5.74) is 0.889. The van der Waals surface area contributed by atoms with E-state index >= 15 is 0 Å². The molecule has 1 fully saturated rings. The minimum atomic E-state index is -2.62. The molecule has 2 rings (SSSR count). The molecule has 4 nitrogen and oxygen atoms in total. The second-order valence-corrected chi connectivity index (χ2v) is 3.56. The average Bonchev–Trinajstić information content (AvgIpc) is 2.14. The van der Waals surface area contributed by atoms with Gasteiger partial charge in [-0.1, -0.05) is 0 Å². The minimum Gasteiger partial charge on any atom is -0.343 e. The van der Waals surface area contributed by atoms with Gasteiger partial charge < -0.3 is 4.90 Å². The van der Waals surface area contributed by atoms with Crippen molar-refractivity contribution in [3.05, 3.63) is 17.3 Å². The largest absolute Gasteiger partial charge is 0.343 e. The maximum atomic E-state index is 12.6. The second kappa shape index (κ2) is 3.12. The summed E-state index contributed by atoms with van der Waals surface area (Å²) in [5.74, 6) is -2.19. The number of halogens is 2. The molecule has 0 saturated carbocycles. The van der Waals surface area contributed by atoms with E-state index in [1.165, 1.54) is 4.90 Å². The monoisotopic (exact) mass is 210 g/mol. The first-order valence-electron chi connectivity index (χ1n) is 4.39. The molecule has 1 aliphatic heterocycles. The Morgan fingerprint density at radius 3 is 2.60 bits per heavy atom. The van der Waals surface area contributed by atoms with Gasteiger partial charge in [0, 0.05) is 0 Å². The van der Waals surface area contributed by atoms with Crippen LogP contribution in [0.5, 0.6) is 0 Å². The van der Waals surface area contributed by atoms with Crippen molar-refractivity contribution in [3.63, 3.8) is 0 Å². The van der Waals surface area contributed by atoms with Gasteiger partial charge in [0.15, 0.2) is 11.5 Å². The molecule has 1 aromatic heterocycles. The van der Waals surface area contributed by atoms with Crippen molar-refractivity contribution in [1.29, 1.82) is 5.26 Å². The highest BCUT2D eigenvalue weighted by atomic mass is 19.3. The number of aromatic nitrogens is 2. The molecule has 1 aliphatic rings. The molecule has 6 heteroatoms. The number of nitriles is 1. The van der Waals surface area contributed by atoms with E-state index in [9.17, 15) is 8.78 Å². The summed E-state index contributed by atoms with van der Waals surface area (Å²) >= 11 is 0.